The molecule has 0 N–H and O–H groups in total. The van der Waals surface area contributed by atoms with Gasteiger partial charge < -0.3 is 4.42 Å². The van der Waals surface area contributed by atoms with Crippen LogP contribution in [0.15, 0.2) is 56.2 Å². The summed E-state index contributed by atoms with van der Waals surface area (Å²) in [7, 11) is 0. The minimum absolute atomic E-state index is 0.263. The van der Waals surface area contributed by atoms with Crippen LogP contribution in [0, 0.1) is 0 Å². The molecule has 4 rings (SSSR count). The van der Waals surface area contributed by atoms with Crippen molar-refractivity contribution >= 4 is 50.9 Å². The highest BCUT2D eigenvalue weighted by atomic mass is 79.9. The first-order valence-electron chi connectivity index (χ1n) is 9.42. The van der Waals surface area contributed by atoms with Gasteiger partial charge in [0, 0.05) is 20.5 Å². The Balaban J connectivity index is 1.99. The Labute approximate surface area is 203 Å². The number of nitrogens with zero attached hydrogens (tertiary/aromatic N) is 4. The fourth-order valence-electron chi connectivity index (χ4n) is 3.05. The molecular weight excluding hydrogens is 519 g/mol. The summed E-state index contributed by atoms with van der Waals surface area (Å²) in [6.45, 7) is 6.08. The van der Waals surface area contributed by atoms with E-state index in [1.165, 1.54) is 0 Å². The Hall–Kier alpha value is -1.80. The Morgan fingerprint density at radius 1 is 1.03 bits per heavy atom. The summed E-state index contributed by atoms with van der Waals surface area (Å²) in [5.41, 5.74) is 2.92. The maximum absolute atomic E-state index is 6.55. The van der Waals surface area contributed by atoms with Gasteiger partial charge in [-0.3, -0.25) is 0 Å². The van der Waals surface area contributed by atoms with E-state index in [9.17, 15) is 0 Å². The topological polar surface area (TPSA) is 56.7 Å². The molecule has 160 valence electrons. The molecule has 0 unspecified atom stereocenters. The van der Waals surface area contributed by atoms with Crippen LogP contribution in [0.4, 0.5) is 0 Å². The first-order valence-corrected chi connectivity index (χ1v) is 12.2. The molecule has 0 radical (unpaired) electrons. The largest absolute Gasteiger partial charge is 0.419 e. The summed E-state index contributed by atoms with van der Waals surface area (Å²) in [6.07, 6.45) is 2.00. The predicted octanol–water partition coefficient (Wildman–Crippen LogP) is 7.68. The number of thioether (sulfide) groups is 1. The van der Waals surface area contributed by atoms with Crippen molar-refractivity contribution in [2.75, 3.05) is 6.26 Å². The summed E-state index contributed by atoms with van der Waals surface area (Å²) in [6, 6.07) is 13.4. The lowest BCUT2D eigenvalue weighted by Crippen LogP contribution is -2.11. The monoisotopic (exact) mass is 536 g/mol. The average Bonchev–Trinajstić information content (AvgIpc) is 3.33. The first kappa shape index (κ1) is 22.4. The Morgan fingerprint density at radius 2 is 1.74 bits per heavy atom. The van der Waals surface area contributed by atoms with E-state index in [0.29, 0.717) is 33.2 Å². The van der Waals surface area contributed by atoms with Gasteiger partial charge in [0.25, 0.3) is 5.89 Å². The third-order valence-electron chi connectivity index (χ3n) is 4.57. The molecule has 31 heavy (non-hydrogen) atoms. The molecule has 0 aliphatic heterocycles. The van der Waals surface area contributed by atoms with E-state index in [1.54, 1.807) is 23.9 Å². The van der Waals surface area contributed by atoms with Crippen LogP contribution in [0.25, 0.3) is 28.5 Å². The molecule has 0 fully saturated rings. The van der Waals surface area contributed by atoms with Crippen molar-refractivity contribution in [2.24, 2.45) is 0 Å². The van der Waals surface area contributed by atoms with E-state index < -0.39 is 0 Å². The van der Waals surface area contributed by atoms with E-state index >= 15 is 0 Å². The highest BCUT2D eigenvalue weighted by Gasteiger charge is 2.28. The van der Waals surface area contributed by atoms with Crippen molar-refractivity contribution < 1.29 is 4.42 Å². The van der Waals surface area contributed by atoms with Gasteiger partial charge in [0.15, 0.2) is 5.69 Å². The molecule has 0 bridgehead atoms. The van der Waals surface area contributed by atoms with Gasteiger partial charge in [-0.05, 0) is 36.6 Å². The molecule has 0 amide bonds. The smallest absolute Gasteiger partial charge is 0.269 e. The van der Waals surface area contributed by atoms with Gasteiger partial charge in [-0.2, -0.15) is 5.10 Å². The maximum atomic E-state index is 6.55. The van der Waals surface area contributed by atoms with Gasteiger partial charge in [0.05, 0.1) is 21.3 Å². The number of hydrogen-bond acceptors (Lipinski definition) is 5. The lowest BCUT2D eigenvalue weighted by atomic mass is 9.97. The summed E-state index contributed by atoms with van der Waals surface area (Å²) in [4.78, 5) is 0.914. The zero-order chi connectivity index (χ0) is 22.3. The minimum Gasteiger partial charge on any atom is -0.419 e. The van der Waals surface area contributed by atoms with E-state index in [4.69, 9.17) is 32.7 Å². The summed E-state index contributed by atoms with van der Waals surface area (Å²) in [5, 5.41) is 14.4. The minimum atomic E-state index is -0.263. The van der Waals surface area contributed by atoms with Gasteiger partial charge in [-0.1, -0.05) is 72.0 Å². The van der Waals surface area contributed by atoms with Crippen LogP contribution in [0.3, 0.4) is 0 Å². The van der Waals surface area contributed by atoms with E-state index in [0.717, 1.165) is 20.6 Å². The van der Waals surface area contributed by atoms with Gasteiger partial charge in [0.2, 0.25) is 5.89 Å². The number of rotatable bonds is 4. The Morgan fingerprint density at radius 3 is 2.32 bits per heavy atom. The van der Waals surface area contributed by atoms with Crippen LogP contribution in [-0.4, -0.2) is 26.2 Å². The second kappa shape index (κ2) is 8.62. The van der Waals surface area contributed by atoms with Crippen molar-refractivity contribution in [3.05, 3.63) is 62.9 Å². The molecule has 0 saturated heterocycles. The molecule has 2 heterocycles. The van der Waals surface area contributed by atoms with Crippen molar-refractivity contribution in [1.29, 1.82) is 0 Å². The molecule has 0 atom stereocenters. The summed E-state index contributed by atoms with van der Waals surface area (Å²) < 4.78 is 8.81. The predicted molar refractivity (Wildman–Crippen MR) is 130 cm³/mol. The lowest BCUT2D eigenvalue weighted by molar-refractivity contribution is 0.398. The normalized spacial score (nSPS) is 11.8. The van der Waals surface area contributed by atoms with Gasteiger partial charge in [-0.25, -0.2) is 4.68 Å². The third kappa shape index (κ3) is 4.42. The summed E-state index contributed by atoms with van der Waals surface area (Å²) in [5.74, 6) is 0.926. The van der Waals surface area contributed by atoms with E-state index in [2.05, 4.69) is 26.1 Å². The fourth-order valence-corrected chi connectivity index (χ4v) is 4.52. The van der Waals surface area contributed by atoms with Gasteiger partial charge in [-0.15, -0.1) is 22.0 Å². The second-order valence-electron chi connectivity index (χ2n) is 7.91. The van der Waals surface area contributed by atoms with Crippen LogP contribution in [0.5, 0.6) is 0 Å². The fraction of sp³-hybridized carbons (Fsp3) is 0.227. The highest BCUT2D eigenvalue weighted by Crippen LogP contribution is 2.41. The number of halogens is 3. The summed E-state index contributed by atoms with van der Waals surface area (Å²) >= 11 is 17.7. The Bertz CT molecular complexity index is 1250. The highest BCUT2D eigenvalue weighted by molar-refractivity contribution is 9.10. The lowest BCUT2D eigenvalue weighted by Gasteiger charge is -2.11. The maximum Gasteiger partial charge on any atom is 0.269 e. The molecule has 0 saturated carbocycles. The van der Waals surface area contributed by atoms with E-state index in [-0.39, 0.29) is 5.41 Å². The molecule has 5 nitrogen and oxygen atoms in total. The SMILES string of the molecule is CSc1c(-c2nnc(C(C)(C)C)o2)nn(-c2ccc(Cl)cc2Cl)c1-c1ccc(Br)cc1. The van der Waals surface area contributed by atoms with Crippen molar-refractivity contribution in [1.82, 2.24) is 20.0 Å². The zero-order valence-corrected chi connectivity index (χ0v) is 21.2. The average molecular weight is 538 g/mol. The molecule has 2 aromatic carbocycles. The molecule has 0 aliphatic rings. The second-order valence-corrected chi connectivity index (χ2v) is 10.5. The molecule has 0 aliphatic carbocycles. The molecule has 9 heteroatoms. The number of hydrogen-bond donors (Lipinski definition) is 0. The zero-order valence-electron chi connectivity index (χ0n) is 17.3. The van der Waals surface area contributed by atoms with Crippen LogP contribution < -0.4 is 0 Å². The number of benzene rings is 2. The molecule has 2 aromatic heterocycles. The van der Waals surface area contributed by atoms with Crippen LogP contribution in [0.2, 0.25) is 10.0 Å². The Kier molecular flexibility index (Phi) is 6.23. The third-order valence-corrected chi connectivity index (χ3v) is 6.43. The standard InChI is InChI=1S/C22H19BrCl2N4OS/c1-22(2,3)21-27-26-20(30-21)17-19(31-4)18(12-5-7-13(23)8-6-12)29(28-17)16-10-9-14(24)11-15(16)25/h5-11H,1-4H3. The van der Waals surface area contributed by atoms with Crippen LogP contribution in [-0.2, 0) is 5.41 Å². The van der Waals surface area contributed by atoms with Gasteiger partial charge in [0.1, 0.15) is 0 Å². The van der Waals surface area contributed by atoms with E-state index in [1.807, 2.05) is 62.0 Å². The number of aromatic nitrogens is 4. The van der Waals surface area contributed by atoms with Crippen molar-refractivity contribution in [3.63, 3.8) is 0 Å². The quantitative estimate of drug-likeness (QED) is 0.250. The van der Waals surface area contributed by atoms with Crippen LogP contribution in [0.1, 0.15) is 26.7 Å². The molecule has 0 spiro atoms. The first-order chi connectivity index (χ1) is 14.7. The molecular formula is C22H19BrCl2N4OS. The van der Waals surface area contributed by atoms with Crippen molar-refractivity contribution in [2.45, 2.75) is 31.1 Å². The van der Waals surface area contributed by atoms with Crippen molar-refractivity contribution in [3.8, 4) is 28.5 Å². The van der Waals surface area contributed by atoms with Gasteiger partial charge >= 0.3 is 0 Å². The van der Waals surface area contributed by atoms with Crippen LogP contribution >= 0.6 is 50.9 Å². The molecule has 4 aromatic rings.